The van der Waals surface area contributed by atoms with E-state index >= 15 is 0 Å². The van der Waals surface area contributed by atoms with E-state index in [1.165, 1.54) is 10.6 Å². The molecule has 6 heteroatoms. The molecule has 3 rings (SSSR count). The average molecular weight is 393 g/mol. The van der Waals surface area contributed by atoms with Crippen molar-refractivity contribution in [3.8, 4) is 0 Å². The van der Waals surface area contributed by atoms with E-state index in [0.29, 0.717) is 25.9 Å². The Morgan fingerprint density at radius 3 is 2.48 bits per heavy atom. The molecule has 1 N–H and O–H groups in total. The van der Waals surface area contributed by atoms with Gasteiger partial charge < -0.3 is 10.2 Å². The minimum Gasteiger partial charge on any atom is -0.355 e. The molecule has 0 fully saturated rings. The zero-order valence-corrected chi connectivity index (χ0v) is 16.9. The van der Waals surface area contributed by atoms with Crippen LogP contribution in [0.25, 0.3) is 0 Å². The third kappa shape index (κ3) is 6.54. The summed E-state index contributed by atoms with van der Waals surface area (Å²) in [5, 5.41) is 8.84. The molecule has 0 bridgehead atoms. The molecule has 2 amide bonds. The van der Waals surface area contributed by atoms with Crippen LogP contribution in [0.5, 0.6) is 0 Å². The Morgan fingerprint density at radius 1 is 1.07 bits per heavy atom. The summed E-state index contributed by atoms with van der Waals surface area (Å²) >= 11 is 0. The first kappa shape index (κ1) is 20.7. The first-order valence-electron chi connectivity index (χ1n) is 10.0. The predicted molar refractivity (Wildman–Crippen MR) is 114 cm³/mol. The summed E-state index contributed by atoms with van der Waals surface area (Å²) < 4.78 is 0. The lowest BCUT2D eigenvalue weighted by Gasteiger charge is -2.23. The van der Waals surface area contributed by atoms with Crippen LogP contribution in [-0.4, -0.2) is 54.1 Å². The molecule has 2 aromatic carbocycles. The van der Waals surface area contributed by atoms with Crippen molar-refractivity contribution in [2.24, 2.45) is 5.10 Å². The third-order valence-electron chi connectivity index (χ3n) is 4.87. The second kappa shape index (κ2) is 10.5. The molecular weight excluding hydrogens is 364 g/mol. The fraction of sp³-hybridized carbons (Fsp3) is 0.348. The van der Waals surface area contributed by atoms with Gasteiger partial charge in [-0.15, -0.1) is 0 Å². The maximum Gasteiger partial charge on any atom is 0.243 e. The number of likely N-dealkylation sites (N-methyl/N-ethyl adjacent to an activating group) is 1. The lowest BCUT2D eigenvalue weighted by atomic mass is 10.0. The van der Waals surface area contributed by atoms with Crippen LogP contribution in [0.3, 0.4) is 0 Å². The minimum absolute atomic E-state index is 0.0277. The SMILES string of the molecule is CN(CCNC(=O)CCN1N=C(c2ccccc2)CCC1=O)Cc1ccccc1. The molecule has 2 aromatic rings. The zero-order valence-electron chi connectivity index (χ0n) is 16.9. The molecule has 0 unspecified atom stereocenters. The fourth-order valence-electron chi connectivity index (χ4n) is 3.27. The number of benzene rings is 2. The Morgan fingerprint density at radius 2 is 1.76 bits per heavy atom. The van der Waals surface area contributed by atoms with E-state index < -0.39 is 0 Å². The van der Waals surface area contributed by atoms with Crippen molar-refractivity contribution in [1.82, 2.24) is 15.2 Å². The molecule has 0 aliphatic carbocycles. The number of hydrazone groups is 1. The Bertz CT molecular complexity index is 836. The number of nitrogens with zero attached hydrogens (tertiary/aromatic N) is 3. The van der Waals surface area contributed by atoms with E-state index in [-0.39, 0.29) is 18.2 Å². The summed E-state index contributed by atoms with van der Waals surface area (Å²) in [6.07, 6.45) is 1.32. The summed E-state index contributed by atoms with van der Waals surface area (Å²) in [5.41, 5.74) is 3.17. The highest BCUT2D eigenvalue weighted by atomic mass is 16.2. The van der Waals surface area contributed by atoms with Crippen molar-refractivity contribution in [3.63, 3.8) is 0 Å². The molecule has 0 spiro atoms. The standard InChI is InChI=1S/C23H28N4O2/c1-26(18-19-8-4-2-5-9-19)17-15-24-22(28)14-16-27-23(29)13-12-21(25-27)20-10-6-3-7-11-20/h2-11H,12-18H2,1H3,(H,24,28). The largest absolute Gasteiger partial charge is 0.355 e. The number of nitrogens with one attached hydrogen (secondary N) is 1. The van der Waals surface area contributed by atoms with Crippen molar-refractivity contribution in [3.05, 3.63) is 71.8 Å². The first-order valence-corrected chi connectivity index (χ1v) is 10.0. The lowest BCUT2D eigenvalue weighted by Crippen LogP contribution is -2.37. The normalized spacial score (nSPS) is 14.1. The molecule has 0 saturated carbocycles. The zero-order chi connectivity index (χ0) is 20.5. The monoisotopic (exact) mass is 392 g/mol. The summed E-state index contributed by atoms with van der Waals surface area (Å²) in [7, 11) is 2.03. The number of amides is 2. The summed E-state index contributed by atoms with van der Waals surface area (Å²) in [5.74, 6) is -0.0898. The summed E-state index contributed by atoms with van der Waals surface area (Å²) in [6.45, 7) is 2.49. The number of rotatable bonds is 9. The maximum atomic E-state index is 12.2. The van der Waals surface area contributed by atoms with Gasteiger partial charge in [0.1, 0.15) is 0 Å². The number of hydrogen-bond donors (Lipinski definition) is 1. The molecule has 1 aliphatic heterocycles. The summed E-state index contributed by atoms with van der Waals surface area (Å²) in [6, 6.07) is 20.1. The highest BCUT2D eigenvalue weighted by Gasteiger charge is 2.21. The molecule has 152 valence electrons. The van der Waals surface area contributed by atoms with Crippen LogP contribution < -0.4 is 5.32 Å². The van der Waals surface area contributed by atoms with Gasteiger partial charge in [-0.05, 0) is 18.2 Å². The van der Waals surface area contributed by atoms with Crippen LogP contribution in [0.1, 0.15) is 30.4 Å². The quantitative estimate of drug-likeness (QED) is 0.714. The van der Waals surface area contributed by atoms with E-state index in [1.807, 2.05) is 55.6 Å². The van der Waals surface area contributed by atoms with Gasteiger partial charge in [0.25, 0.3) is 0 Å². The van der Waals surface area contributed by atoms with Crippen molar-refractivity contribution < 1.29 is 9.59 Å². The minimum atomic E-state index is -0.0621. The first-order chi connectivity index (χ1) is 14.1. The van der Waals surface area contributed by atoms with Crippen molar-refractivity contribution in [1.29, 1.82) is 0 Å². The van der Waals surface area contributed by atoms with Gasteiger partial charge in [-0.25, -0.2) is 5.01 Å². The van der Waals surface area contributed by atoms with Gasteiger partial charge in [0, 0.05) is 38.9 Å². The predicted octanol–water partition coefficient (Wildman–Crippen LogP) is 2.65. The maximum absolute atomic E-state index is 12.2. The molecule has 29 heavy (non-hydrogen) atoms. The molecule has 0 aromatic heterocycles. The number of hydrogen-bond acceptors (Lipinski definition) is 4. The molecule has 1 aliphatic rings. The van der Waals surface area contributed by atoms with E-state index in [9.17, 15) is 9.59 Å². The van der Waals surface area contributed by atoms with Gasteiger partial charge in [-0.2, -0.15) is 5.10 Å². The fourth-order valence-corrected chi connectivity index (χ4v) is 3.27. The van der Waals surface area contributed by atoms with Gasteiger partial charge in [-0.1, -0.05) is 60.7 Å². The molecular formula is C23H28N4O2. The van der Waals surface area contributed by atoms with Crippen LogP contribution in [0, 0.1) is 0 Å². The average Bonchev–Trinajstić information content (AvgIpc) is 2.74. The molecule has 6 nitrogen and oxygen atoms in total. The van der Waals surface area contributed by atoms with Crippen LogP contribution in [0.4, 0.5) is 0 Å². The molecule has 0 saturated heterocycles. The van der Waals surface area contributed by atoms with Crippen LogP contribution >= 0.6 is 0 Å². The Hall–Kier alpha value is -2.99. The second-order valence-corrected chi connectivity index (χ2v) is 7.25. The Kier molecular flexibility index (Phi) is 7.53. The van der Waals surface area contributed by atoms with E-state index in [1.54, 1.807) is 0 Å². The highest BCUT2D eigenvalue weighted by Crippen LogP contribution is 2.15. The number of carbonyl (C=O) groups excluding carboxylic acids is 2. The summed E-state index contributed by atoms with van der Waals surface area (Å²) in [4.78, 5) is 26.5. The Balaban J connectivity index is 1.41. The Labute approximate surface area is 172 Å². The smallest absolute Gasteiger partial charge is 0.243 e. The third-order valence-corrected chi connectivity index (χ3v) is 4.87. The van der Waals surface area contributed by atoms with Gasteiger partial charge in [-0.3, -0.25) is 9.59 Å². The van der Waals surface area contributed by atoms with E-state index in [4.69, 9.17) is 0 Å². The lowest BCUT2D eigenvalue weighted by molar-refractivity contribution is -0.132. The van der Waals surface area contributed by atoms with Crippen molar-refractivity contribution >= 4 is 17.5 Å². The molecule has 1 heterocycles. The van der Waals surface area contributed by atoms with E-state index in [2.05, 4.69) is 27.5 Å². The van der Waals surface area contributed by atoms with Gasteiger partial charge in [0.05, 0.1) is 12.3 Å². The molecule has 0 atom stereocenters. The van der Waals surface area contributed by atoms with Crippen LogP contribution in [0.15, 0.2) is 65.8 Å². The number of carbonyl (C=O) groups is 2. The van der Waals surface area contributed by atoms with Crippen LogP contribution in [0.2, 0.25) is 0 Å². The van der Waals surface area contributed by atoms with Gasteiger partial charge in [0.15, 0.2) is 0 Å². The van der Waals surface area contributed by atoms with Crippen LogP contribution in [-0.2, 0) is 16.1 Å². The topological polar surface area (TPSA) is 65.0 Å². The second-order valence-electron chi connectivity index (χ2n) is 7.25. The van der Waals surface area contributed by atoms with Crippen molar-refractivity contribution in [2.45, 2.75) is 25.8 Å². The van der Waals surface area contributed by atoms with Crippen molar-refractivity contribution in [2.75, 3.05) is 26.7 Å². The van der Waals surface area contributed by atoms with E-state index in [0.717, 1.165) is 24.4 Å². The molecule has 0 radical (unpaired) electrons. The van der Waals surface area contributed by atoms with Gasteiger partial charge >= 0.3 is 0 Å². The van der Waals surface area contributed by atoms with Gasteiger partial charge in [0.2, 0.25) is 11.8 Å². The highest BCUT2D eigenvalue weighted by molar-refractivity contribution is 6.04.